The molecule has 0 aromatic heterocycles. The highest BCUT2D eigenvalue weighted by atomic mass is 35.5. The topological polar surface area (TPSA) is 83.2 Å². The van der Waals surface area contributed by atoms with E-state index in [2.05, 4.69) is 5.16 Å². The lowest BCUT2D eigenvalue weighted by atomic mass is 10.2. The molecule has 0 saturated heterocycles. The van der Waals surface area contributed by atoms with Gasteiger partial charge in [-0.15, -0.1) is 0 Å². The molecule has 2 aromatic rings. The molecule has 0 amide bonds. The second kappa shape index (κ2) is 6.53. The molecule has 0 spiro atoms. The molecule has 3 rings (SSSR count). The van der Waals surface area contributed by atoms with E-state index in [1.165, 1.54) is 18.3 Å². The van der Waals surface area contributed by atoms with Crippen molar-refractivity contribution in [2.45, 2.75) is 6.61 Å². The Hall–Kier alpha value is -2.80. The summed E-state index contributed by atoms with van der Waals surface area (Å²) in [4.78, 5) is 15.4. The van der Waals surface area contributed by atoms with E-state index in [-0.39, 0.29) is 19.1 Å². The molecule has 0 saturated carbocycles. The Kier molecular flexibility index (Phi) is 4.29. The van der Waals surface area contributed by atoms with E-state index < -0.39 is 4.92 Å². The number of hydrogen-bond acceptors (Lipinski definition) is 6. The number of halogens is 1. The number of nitro benzene ring substituents is 1. The van der Waals surface area contributed by atoms with Crippen LogP contribution in [0.1, 0.15) is 11.1 Å². The Bertz CT molecular complexity index is 778. The lowest BCUT2D eigenvalue weighted by molar-refractivity contribution is -0.384. The molecule has 0 unspecified atom stereocenters. The molecule has 0 fully saturated rings. The van der Waals surface area contributed by atoms with Gasteiger partial charge >= 0.3 is 0 Å². The molecule has 0 atom stereocenters. The number of nitro groups is 1. The van der Waals surface area contributed by atoms with Crippen LogP contribution in [0.5, 0.6) is 11.5 Å². The highest BCUT2D eigenvalue weighted by Crippen LogP contribution is 2.36. The number of oxime groups is 1. The Morgan fingerprint density at radius 3 is 2.87 bits per heavy atom. The Morgan fingerprint density at radius 1 is 1.30 bits per heavy atom. The molecule has 8 heteroatoms. The van der Waals surface area contributed by atoms with Gasteiger partial charge in [0.25, 0.3) is 5.69 Å². The van der Waals surface area contributed by atoms with Crippen molar-refractivity contribution >= 4 is 23.5 Å². The summed E-state index contributed by atoms with van der Waals surface area (Å²) in [5.41, 5.74) is 1.27. The van der Waals surface area contributed by atoms with Crippen LogP contribution < -0.4 is 9.47 Å². The fraction of sp³-hybridized carbons (Fsp3) is 0.133. The van der Waals surface area contributed by atoms with E-state index in [1.807, 2.05) is 0 Å². The van der Waals surface area contributed by atoms with Gasteiger partial charge in [0.05, 0.1) is 16.2 Å². The average molecular weight is 335 g/mol. The van der Waals surface area contributed by atoms with Crippen molar-refractivity contribution in [1.82, 2.24) is 0 Å². The summed E-state index contributed by atoms with van der Waals surface area (Å²) < 4.78 is 10.5. The van der Waals surface area contributed by atoms with Crippen molar-refractivity contribution in [2.75, 3.05) is 6.79 Å². The molecule has 118 valence electrons. The smallest absolute Gasteiger partial charge is 0.269 e. The third-order valence-corrected chi connectivity index (χ3v) is 3.44. The fourth-order valence-corrected chi connectivity index (χ4v) is 2.20. The van der Waals surface area contributed by atoms with Gasteiger partial charge in [-0.05, 0) is 11.6 Å². The summed E-state index contributed by atoms with van der Waals surface area (Å²) in [6, 6.07) is 9.50. The van der Waals surface area contributed by atoms with Crippen LogP contribution in [0.2, 0.25) is 5.02 Å². The summed E-state index contributed by atoms with van der Waals surface area (Å²) in [6.07, 6.45) is 1.45. The van der Waals surface area contributed by atoms with Crippen LogP contribution in [0, 0.1) is 10.1 Å². The molecular formula is C15H11ClN2O5. The number of benzene rings is 2. The van der Waals surface area contributed by atoms with E-state index in [0.717, 1.165) is 0 Å². The average Bonchev–Trinajstić information content (AvgIpc) is 2.98. The molecule has 0 N–H and O–H groups in total. The SMILES string of the molecule is O=[N+]([O-])c1cccc(CO/N=C\c2cc3c(cc2Cl)OCO3)c1. The van der Waals surface area contributed by atoms with Gasteiger partial charge in [-0.25, -0.2) is 0 Å². The van der Waals surface area contributed by atoms with Crippen LogP contribution in [0.15, 0.2) is 41.6 Å². The molecule has 1 aliphatic rings. The van der Waals surface area contributed by atoms with Crippen molar-refractivity contribution in [3.05, 3.63) is 62.7 Å². The van der Waals surface area contributed by atoms with Crippen molar-refractivity contribution in [3.8, 4) is 11.5 Å². The number of ether oxygens (including phenoxy) is 2. The minimum absolute atomic E-state index is 0.00824. The van der Waals surface area contributed by atoms with Gasteiger partial charge in [0, 0.05) is 23.8 Å². The zero-order valence-corrected chi connectivity index (χ0v) is 12.5. The molecular weight excluding hydrogens is 324 g/mol. The van der Waals surface area contributed by atoms with E-state index >= 15 is 0 Å². The second-order valence-electron chi connectivity index (χ2n) is 4.66. The maximum Gasteiger partial charge on any atom is 0.269 e. The Balaban J connectivity index is 1.64. The maximum atomic E-state index is 10.7. The molecule has 1 heterocycles. The molecule has 0 bridgehead atoms. The van der Waals surface area contributed by atoms with Gasteiger partial charge in [-0.2, -0.15) is 0 Å². The first kappa shape index (κ1) is 15.1. The first-order valence-corrected chi connectivity index (χ1v) is 6.99. The third-order valence-electron chi connectivity index (χ3n) is 3.11. The molecule has 0 aliphatic carbocycles. The predicted octanol–water partition coefficient (Wildman–Crippen LogP) is 3.53. The minimum Gasteiger partial charge on any atom is -0.454 e. The van der Waals surface area contributed by atoms with E-state index in [0.29, 0.717) is 27.6 Å². The Labute approximate surface area is 136 Å². The van der Waals surface area contributed by atoms with Crippen molar-refractivity contribution in [3.63, 3.8) is 0 Å². The van der Waals surface area contributed by atoms with Crippen molar-refractivity contribution in [1.29, 1.82) is 0 Å². The van der Waals surface area contributed by atoms with Crippen LogP contribution in [0.25, 0.3) is 0 Å². The largest absolute Gasteiger partial charge is 0.454 e. The fourth-order valence-electron chi connectivity index (χ4n) is 2.00. The maximum absolute atomic E-state index is 10.7. The van der Waals surface area contributed by atoms with Gasteiger partial charge in [-0.1, -0.05) is 28.9 Å². The van der Waals surface area contributed by atoms with Crippen LogP contribution >= 0.6 is 11.6 Å². The summed E-state index contributed by atoms with van der Waals surface area (Å²) >= 11 is 6.10. The van der Waals surface area contributed by atoms with Crippen molar-refractivity contribution in [2.24, 2.45) is 5.16 Å². The van der Waals surface area contributed by atoms with E-state index in [4.69, 9.17) is 25.9 Å². The Morgan fingerprint density at radius 2 is 2.09 bits per heavy atom. The lowest BCUT2D eigenvalue weighted by Crippen LogP contribution is -1.93. The third kappa shape index (κ3) is 3.51. The molecule has 2 aromatic carbocycles. The van der Waals surface area contributed by atoms with Crippen LogP contribution in [0.3, 0.4) is 0 Å². The first-order valence-electron chi connectivity index (χ1n) is 6.61. The van der Waals surface area contributed by atoms with Gasteiger partial charge in [0.15, 0.2) is 11.5 Å². The summed E-state index contributed by atoms with van der Waals surface area (Å²) in [6.45, 7) is 0.274. The number of rotatable bonds is 5. The van der Waals surface area contributed by atoms with Gasteiger partial charge in [0.2, 0.25) is 6.79 Å². The second-order valence-corrected chi connectivity index (χ2v) is 5.07. The first-order chi connectivity index (χ1) is 11.1. The minimum atomic E-state index is -0.459. The van der Waals surface area contributed by atoms with E-state index in [1.54, 1.807) is 24.3 Å². The highest BCUT2D eigenvalue weighted by Gasteiger charge is 2.15. The summed E-state index contributed by atoms with van der Waals surface area (Å²) in [5, 5.41) is 15.0. The van der Waals surface area contributed by atoms with Crippen molar-refractivity contribution < 1.29 is 19.2 Å². The monoisotopic (exact) mass is 334 g/mol. The standard InChI is InChI=1S/C15H11ClN2O5/c16-13-6-15-14(21-9-22-15)5-11(13)7-17-23-8-10-2-1-3-12(4-10)18(19)20/h1-7H,8-9H2/b17-7-. The number of fused-ring (bicyclic) bond motifs is 1. The predicted molar refractivity (Wildman–Crippen MR) is 83.1 cm³/mol. The van der Waals surface area contributed by atoms with Gasteiger partial charge in [-0.3, -0.25) is 10.1 Å². The number of non-ortho nitro benzene ring substituents is 1. The molecule has 1 aliphatic heterocycles. The molecule has 23 heavy (non-hydrogen) atoms. The summed E-state index contributed by atoms with van der Waals surface area (Å²) in [5.74, 6) is 1.18. The van der Waals surface area contributed by atoms with Gasteiger partial charge in [0.1, 0.15) is 6.61 Å². The van der Waals surface area contributed by atoms with E-state index in [9.17, 15) is 10.1 Å². The highest BCUT2D eigenvalue weighted by molar-refractivity contribution is 6.33. The van der Waals surface area contributed by atoms with Crippen LogP contribution in [0.4, 0.5) is 5.69 Å². The van der Waals surface area contributed by atoms with Crippen LogP contribution in [-0.4, -0.2) is 17.9 Å². The number of hydrogen-bond donors (Lipinski definition) is 0. The molecule has 7 nitrogen and oxygen atoms in total. The van der Waals surface area contributed by atoms with Crippen LogP contribution in [-0.2, 0) is 11.4 Å². The normalized spacial score (nSPS) is 12.6. The summed E-state index contributed by atoms with van der Waals surface area (Å²) in [7, 11) is 0. The number of nitrogens with zero attached hydrogens (tertiary/aromatic N) is 2. The van der Waals surface area contributed by atoms with Gasteiger partial charge < -0.3 is 14.3 Å². The molecule has 0 radical (unpaired) electrons. The zero-order valence-electron chi connectivity index (χ0n) is 11.8. The lowest BCUT2D eigenvalue weighted by Gasteiger charge is -2.02. The quantitative estimate of drug-likeness (QED) is 0.474. The zero-order chi connectivity index (χ0) is 16.2.